The molecule has 5 nitrogen and oxygen atoms in total. The van der Waals surface area contributed by atoms with Gasteiger partial charge in [-0.3, -0.25) is 9.36 Å². The summed E-state index contributed by atoms with van der Waals surface area (Å²) in [7, 11) is 0. The largest absolute Gasteiger partial charge is 0.355 e. The summed E-state index contributed by atoms with van der Waals surface area (Å²) in [6.07, 6.45) is 2.76. The van der Waals surface area contributed by atoms with Crippen LogP contribution in [0.15, 0.2) is 72.4 Å². The number of thioether (sulfide) groups is 1. The summed E-state index contributed by atoms with van der Waals surface area (Å²) in [6, 6.07) is 17.7. The van der Waals surface area contributed by atoms with E-state index in [9.17, 15) is 4.79 Å². The van der Waals surface area contributed by atoms with E-state index in [1.54, 1.807) is 6.08 Å². The lowest BCUT2D eigenvalue weighted by molar-refractivity contribution is -0.118. The number of hydrogen-bond donors (Lipinski definition) is 1. The van der Waals surface area contributed by atoms with Crippen molar-refractivity contribution in [2.24, 2.45) is 0 Å². The molecule has 1 heterocycles. The van der Waals surface area contributed by atoms with Crippen LogP contribution in [0.25, 0.3) is 11.4 Å². The molecule has 1 N–H and O–H groups in total. The van der Waals surface area contributed by atoms with E-state index >= 15 is 0 Å². The molecule has 0 saturated carbocycles. The van der Waals surface area contributed by atoms with Crippen LogP contribution in [0.4, 0.5) is 0 Å². The maximum atomic E-state index is 12.4. The second-order valence-electron chi connectivity index (χ2n) is 6.82. The van der Waals surface area contributed by atoms with E-state index in [1.165, 1.54) is 17.3 Å². The molecule has 0 radical (unpaired) electrons. The van der Waals surface area contributed by atoms with Gasteiger partial charge in [-0.1, -0.05) is 66.7 Å². The topological polar surface area (TPSA) is 59.8 Å². The van der Waals surface area contributed by atoms with Gasteiger partial charge in [0.15, 0.2) is 11.0 Å². The summed E-state index contributed by atoms with van der Waals surface area (Å²) in [6.45, 7) is 7.13. The average Bonchev–Trinajstić information content (AvgIpc) is 3.17. The molecule has 0 saturated heterocycles. The first-order valence-electron chi connectivity index (χ1n) is 9.86. The highest BCUT2D eigenvalue weighted by molar-refractivity contribution is 7.99. The second-order valence-corrected chi connectivity index (χ2v) is 8.20. The van der Waals surface area contributed by atoms with Crippen LogP contribution in [0.2, 0.25) is 5.02 Å². The monoisotopic (exact) mass is 440 g/mol. The number of aromatic nitrogens is 3. The highest BCUT2D eigenvalue weighted by Gasteiger charge is 2.16. The van der Waals surface area contributed by atoms with E-state index in [0.717, 1.165) is 17.8 Å². The van der Waals surface area contributed by atoms with E-state index in [-0.39, 0.29) is 11.7 Å². The zero-order valence-electron chi connectivity index (χ0n) is 16.9. The van der Waals surface area contributed by atoms with Gasteiger partial charge in [-0.05, 0) is 36.2 Å². The van der Waals surface area contributed by atoms with Gasteiger partial charge in [-0.2, -0.15) is 0 Å². The minimum absolute atomic E-state index is 0.0180. The highest BCUT2D eigenvalue weighted by atomic mass is 35.5. The normalized spacial score (nSPS) is 11.8. The Morgan fingerprint density at radius 3 is 2.60 bits per heavy atom. The van der Waals surface area contributed by atoms with Crippen LogP contribution in [0, 0.1) is 0 Å². The predicted octanol–water partition coefficient (Wildman–Crippen LogP) is 5.19. The smallest absolute Gasteiger partial charge is 0.230 e. The van der Waals surface area contributed by atoms with Crippen LogP contribution < -0.4 is 5.32 Å². The van der Waals surface area contributed by atoms with Crippen LogP contribution in [0.1, 0.15) is 24.8 Å². The van der Waals surface area contributed by atoms with Crippen molar-refractivity contribution in [3.05, 3.63) is 77.8 Å². The van der Waals surface area contributed by atoms with Gasteiger partial charge in [0.2, 0.25) is 5.91 Å². The molecule has 1 atom stereocenters. The number of allylic oxidation sites excluding steroid dienone is 1. The molecule has 2 aromatic carbocycles. The van der Waals surface area contributed by atoms with Gasteiger partial charge in [0, 0.05) is 29.6 Å². The maximum Gasteiger partial charge on any atom is 0.230 e. The summed E-state index contributed by atoms with van der Waals surface area (Å²) in [5.74, 6) is 1.29. The Hall–Kier alpha value is -2.57. The van der Waals surface area contributed by atoms with Gasteiger partial charge in [0.1, 0.15) is 0 Å². The van der Waals surface area contributed by atoms with Crippen LogP contribution in [0.5, 0.6) is 0 Å². The summed E-state index contributed by atoms with van der Waals surface area (Å²) < 4.78 is 1.95. The first kappa shape index (κ1) is 22.1. The molecule has 3 aromatic rings. The van der Waals surface area contributed by atoms with Gasteiger partial charge < -0.3 is 5.32 Å². The maximum absolute atomic E-state index is 12.4. The summed E-state index contributed by atoms with van der Waals surface area (Å²) in [5, 5.41) is 13.0. The Morgan fingerprint density at radius 1 is 1.20 bits per heavy atom. The number of amides is 1. The van der Waals surface area contributed by atoms with Crippen LogP contribution >= 0.6 is 23.4 Å². The number of carbonyl (C=O) groups excluding carboxylic acids is 1. The molecule has 0 fully saturated rings. The first-order chi connectivity index (χ1) is 14.6. The Morgan fingerprint density at radius 2 is 1.93 bits per heavy atom. The molecular weight excluding hydrogens is 416 g/mol. The van der Waals surface area contributed by atoms with Crippen molar-refractivity contribution >= 4 is 29.3 Å². The van der Waals surface area contributed by atoms with Gasteiger partial charge in [-0.15, -0.1) is 16.8 Å². The van der Waals surface area contributed by atoms with Gasteiger partial charge in [0.05, 0.1) is 5.75 Å². The third kappa shape index (κ3) is 5.74. The number of nitrogens with zero attached hydrogens (tertiary/aromatic N) is 3. The molecular formula is C23H25ClN4OS. The zero-order chi connectivity index (χ0) is 21.3. The van der Waals surface area contributed by atoms with Crippen LogP contribution in [0.3, 0.4) is 0 Å². The van der Waals surface area contributed by atoms with Crippen molar-refractivity contribution in [3.63, 3.8) is 0 Å². The van der Waals surface area contributed by atoms with E-state index in [1.807, 2.05) is 47.0 Å². The molecule has 1 amide bonds. The Bertz CT molecular complexity index is 973. The molecule has 0 spiro atoms. The fourth-order valence-corrected chi connectivity index (χ4v) is 4.05. The first-order valence-corrected chi connectivity index (χ1v) is 11.2. The van der Waals surface area contributed by atoms with E-state index < -0.39 is 0 Å². The number of benzene rings is 2. The fourth-order valence-electron chi connectivity index (χ4n) is 3.14. The Labute approximate surface area is 186 Å². The molecule has 1 aromatic heterocycles. The van der Waals surface area contributed by atoms with E-state index in [4.69, 9.17) is 11.6 Å². The number of carbonyl (C=O) groups is 1. The fraction of sp³-hybridized carbons (Fsp3) is 0.261. The standard InChI is InChI=1S/C23H25ClN4OS/c1-3-14-28-22(19-10-12-20(24)13-11-19)26-27-23(28)30-16-21(29)25-15-17(4-2)18-8-6-5-7-9-18/h3,5-13,17H,1,4,14-16H2,2H3,(H,25,29). The third-order valence-corrected chi connectivity index (χ3v) is 5.99. The number of rotatable bonds is 10. The van der Waals surface area contributed by atoms with Crippen molar-refractivity contribution in [1.29, 1.82) is 0 Å². The zero-order valence-corrected chi connectivity index (χ0v) is 18.5. The number of hydrogen-bond acceptors (Lipinski definition) is 4. The molecule has 30 heavy (non-hydrogen) atoms. The average molecular weight is 441 g/mol. The highest BCUT2D eigenvalue weighted by Crippen LogP contribution is 2.25. The lowest BCUT2D eigenvalue weighted by atomic mass is 9.96. The molecule has 1 unspecified atom stereocenters. The van der Waals surface area contributed by atoms with Gasteiger partial charge in [-0.25, -0.2) is 0 Å². The number of nitrogens with one attached hydrogen (secondary N) is 1. The van der Waals surface area contributed by atoms with Gasteiger partial charge >= 0.3 is 0 Å². The molecule has 0 aliphatic heterocycles. The molecule has 3 rings (SSSR count). The minimum atomic E-state index is -0.0180. The third-order valence-electron chi connectivity index (χ3n) is 4.77. The van der Waals surface area contributed by atoms with E-state index in [0.29, 0.717) is 29.2 Å². The lowest BCUT2D eigenvalue weighted by Gasteiger charge is -2.16. The van der Waals surface area contributed by atoms with Crippen molar-refractivity contribution < 1.29 is 4.79 Å². The van der Waals surface area contributed by atoms with Crippen LogP contribution in [-0.2, 0) is 11.3 Å². The van der Waals surface area contributed by atoms with Crippen molar-refractivity contribution in [2.75, 3.05) is 12.3 Å². The second kappa shape index (κ2) is 11.0. The summed E-state index contributed by atoms with van der Waals surface area (Å²) >= 11 is 7.36. The SMILES string of the molecule is C=CCn1c(SCC(=O)NCC(CC)c2ccccc2)nnc1-c1ccc(Cl)cc1. The predicted molar refractivity (Wildman–Crippen MR) is 124 cm³/mol. The number of halogens is 1. The quantitative estimate of drug-likeness (QED) is 0.348. The molecule has 156 valence electrons. The van der Waals surface area contributed by atoms with Gasteiger partial charge in [0.25, 0.3) is 0 Å². The Balaban J connectivity index is 1.61. The summed E-state index contributed by atoms with van der Waals surface area (Å²) in [4.78, 5) is 12.4. The summed E-state index contributed by atoms with van der Waals surface area (Å²) in [5.41, 5.74) is 2.16. The van der Waals surface area contributed by atoms with Crippen LogP contribution in [-0.4, -0.2) is 33.0 Å². The van der Waals surface area contributed by atoms with Crippen molar-refractivity contribution in [2.45, 2.75) is 31.0 Å². The molecule has 0 aliphatic rings. The Kier molecular flexibility index (Phi) is 8.11. The van der Waals surface area contributed by atoms with Crippen molar-refractivity contribution in [1.82, 2.24) is 20.1 Å². The molecule has 0 bridgehead atoms. The lowest BCUT2D eigenvalue weighted by Crippen LogP contribution is -2.29. The molecule has 7 heteroatoms. The van der Waals surface area contributed by atoms with E-state index in [2.05, 4.69) is 41.1 Å². The minimum Gasteiger partial charge on any atom is -0.355 e. The van der Waals surface area contributed by atoms with Crippen molar-refractivity contribution in [3.8, 4) is 11.4 Å². The molecule has 0 aliphatic carbocycles.